The molecule has 0 aromatic carbocycles. The van der Waals surface area contributed by atoms with E-state index in [9.17, 15) is 8.78 Å². The summed E-state index contributed by atoms with van der Waals surface area (Å²) in [5.41, 5.74) is 1.53. The van der Waals surface area contributed by atoms with Crippen molar-refractivity contribution in [2.24, 2.45) is 0 Å². The lowest BCUT2D eigenvalue weighted by molar-refractivity contribution is 0.145. The van der Waals surface area contributed by atoms with Crippen LogP contribution in [0, 0.1) is 0 Å². The number of fused-ring (bicyclic) bond motifs is 1. The molecule has 0 unspecified atom stereocenters. The highest BCUT2D eigenvalue weighted by molar-refractivity contribution is 5.90. The molecule has 0 radical (unpaired) electrons. The summed E-state index contributed by atoms with van der Waals surface area (Å²) in [7, 11) is 0. The molecule has 8 heteroatoms. The van der Waals surface area contributed by atoms with Gasteiger partial charge in [-0.1, -0.05) is 6.92 Å². The Labute approximate surface area is 125 Å². The fraction of sp³-hybridized carbons (Fsp3) is 0.286. The summed E-state index contributed by atoms with van der Waals surface area (Å²) >= 11 is 0. The van der Waals surface area contributed by atoms with Crippen LogP contribution >= 0.6 is 0 Å². The quantitative estimate of drug-likeness (QED) is 0.757. The number of H-pyrrole nitrogens is 1. The number of anilines is 1. The molecule has 0 aliphatic heterocycles. The number of aromatic nitrogens is 5. The van der Waals surface area contributed by atoms with Crippen LogP contribution in [0.1, 0.15) is 30.4 Å². The molecule has 0 saturated heterocycles. The Kier molecular flexibility index (Phi) is 3.90. The Morgan fingerprint density at radius 1 is 1.27 bits per heavy atom. The highest BCUT2D eigenvalue weighted by atomic mass is 19.3. The van der Waals surface area contributed by atoms with Crippen LogP contribution in [0.2, 0.25) is 0 Å². The largest absolute Gasteiger partial charge is 0.362 e. The lowest BCUT2D eigenvalue weighted by Crippen LogP contribution is -2.07. The molecule has 3 rings (SSSR count). The predicted octanol–water partition coefficient (Wildman–Crippen LogP) is 2.86. The van der Waals surface area contributed by atoms with E-state index >= 15 is 0 Å². The van der Waals surface area contributed by atoms with Crippen molar-refractivity contribution in [3.63, 3.8) is 0 Å². The summed E-state index contributed by atoms with van der Waals surface area (Å²) in [6.45, 7) is 2.25. The number of aromatic amines is 1. The van der Waals surface area contributed by atoms with Gasteiger partial charge in [-0.25, -0.2) is 28.7 Å². The number of nitrogens with zero attached hydrogens (tertiary/aromatic N) is 4. The number of nitrogens with one attached hydrogen (secondary N) is 2. The van der Waals surface area contributed by atoms with Crippen molar-refractivity contribution in [3.8, 4) is 0 Å². The first-order valence-electron chi connectivity index (χ1n) is 6.83. The molecule has 0 bridgehead atoms. The molecule has 0 aliphatic rings. The third-order valence-electron chi connectivity index (χ3n) is 3.30. The second-order valence-electron chi connectivity index (χ2n) is 4.67. The molecule has 3 heterocycles. The molecule has 0 amide bonds. The van der Waals surface area contributed by atoms with E-state index in [0.29, 0.717) is 5.82 Å². The van der Waals surface area contributed by atoms with Gasteiger partial charge < -0.3 is 10.3 Å². The standard InChI is InChI=1S/C14H14F2N6/c1-2-8-5-18-13-11(8)14(21-7-20-13)19-6-10-17-4-3-9(22-10)12(15)16/h3-5,7,12H,2,6H2,1H3,(H2,18,19,20,21). The Balaban J connectivity index is 1.85. The topological polar surface area (TPSA) is 79.4 Å². The fourth-order valence-corrected chi connectivity index (χ4v) is 2.22. The molecule has 0 aliphatic carbocycles. The van der Waals surface area contributed by atoms with Crippen molar-refractivity contribution < 1.29 is 8.78 Å². The lowest BCUT2D eigenvalue weighted by atomic mass is 10.2. The molecule has 0 atom stereocenters. The summed E-state index contributed by atoms with van der Waals surface area (Å²) in [6.07, 6.45) is 2.88. The minimum Gasteiger partial charge on any atom is -0.362 e. The summed E-state index contributed by atoms with van der Waals surface area (Å²) in [6, 6.07) is 1.21. The average Bonchev–Trinajstić information content (AvgIpc) is 2.97. The Morgan fingerprint density at radius 2 is 2.14 bits per heavy atom. The number of halogens is 2. The Hall–Kier alpha value is -2.64. The van der Waals surface area contributed by atoms with Crippen molar-refractivity contribution in [2.45, 2.75) is 26.3 Å². The summed E-state index contributed by atoms with van der Waals surface area (Å²) in [5.74, 6) is 0.923. The van der Waals surface area contributed by atoms with Gasteiger partial charge in [0.1, 0.15) is 29.3 Å². The second kappa shape index (κ2) is 6.00. The maximum atomic E-state index is 12.6. The zero-order valence-electron chi connectivity index (χ0n) is 11.8. The number of aryl methyl sites for hydroxylation is 1. The minimum atomic E-state index is -2.61. The number of alkyl halides is 2. The van der Waals surface area contributed by atoms with Gasteiger partial charge in [0.25, 0.3) is 6.43 Å². The third-order valence-corrected chi connectivity index (χ3v) is 3.30. The Bertz CT molecular complexity index is 786. The Morgan fingerprint density at radius 3 is 2.91 bits per heavy atom. The SMILES string of the molecule is CCc1c[nH]c2ncnc(NCc3nccc(C(F)F)n3)c12. The summed E-state index contributed by atoms with van der Waals surface area (Å²) < 4.78 is 25.3. The van der Waals surface area contributed by atoms with Crippen molar-refractivity contribution in [2.75, 3.05) is 5.32 Å². The fourth-order valence-electron chi connectivity index (χ4n) is 2.22. The van der Waals surface area contributed by atoms with Crippen molar-refractivity contribution >= 4 is 16.9 Å². The average molecular weight is 304 g/mol. The van der Waals surface area contributed by atoms with Crippen molar-refractivity contribution in [1.82, 2.24) is 24.9 Å². The molecule has 3 aromatic rings. The first kappa shape index (κ1) is 14.3. The van der Waals surface area contributed by atoms with Gasteiger partial charge >= 0.3 is 0 Å². The van der Waals surface area contributed by atoms with Crippen LogP contribution < -0.4 is 5.32 Å². The zero-order chi connectivity index (χ0) is 15.5. The van der Waals surface area contributed by atoms with Gasteiger partial charge in [0.2, 0.25) is 0 Å². The van der Waals surface area contributed by atoms with Crippen LogP contribution in [0.15, 0.2) is 24.8 Å². The molecule has 2 N–H and O–H groups in total. The summed E-state index contributed by atoms with van der Waals surface area (Å²) in [5, 5.41) is 3.99. The first-order chi connectivity index (χ1) is 10.7. The van der Waals surface area contributed by atoms with Crippen molar-refractivity contribution in [1.29, 1.82) is 0 Å². The van der Waals surface area contributed by atoms with E-state index in [4.69, 9.17) is 0 Å². The van der Waals surface area contributed by atoms with E-state index in [0.717, 1.165) is 23.0 Å². The van der Waals surface area contributed by atoms with Crippen LogP contribution in [0.3, 0.4) is 0 Å². The monoisotopic (exact) mass is 304 g/mol. The van der Waals surface area contributed by atoms with E-state index in [2.05, 4.69) is 30.2 Å². The highest BCUT2D eigenvalue weighted by Gasteiger charge is 2.12. The second-order valence-corrected chi connectivity index (χ2v) is 4.67. The van der Waals surface area contributed by atoms with Crippen LogP contribution in [-0.4, -0.2) is 24.9 Å². The maximum Gasteiger partial charge on any atom is 0.280 e. The zero-order valence-corrected chi connectivity index (χ0v) is 11.8. The van der Waals surface area contributed by atoms with E-state index in [1.807, 2.05) is 13.1 Å². The van der Waals surface area contributed by atoms with Crippen LogP contribution in [-0.2, 0) is 13.0 Å². The highest BCUT2D eigenvalue weighted by Crippen LogP contribution is 2.24. The molecule has 3 aromatic heterocycles. The molecular weight excluding hydrogens is 290 g/mol. The molecule has 22 heavy (non-hydrogen) atoms. The van der Waals surface area contributed by atoms with Gasteiger partial charge in [0.15, 0.2) is 0 Å². The van der Waals surface area contributed by atoms with Gasteiger partial charge in [-0.2, -0.15) is 0 Å². The number of hydrogen-bond acceptors (Lipinski definition) is 5. The van der Waals surface area contributed by atoms with E-state index in [1.165, 1.54) is 18.6 Å². The van der Waals surface area contributed by atoms with E-state index < -0.39 is 6.43 Å². The lowest BCUT2D eigenvalue weighted by Gasteiger charge is -2.07. The van der Waals surface area contributed by atoms with Gasteiger partial charge in [0.05, 0.1) is 11.9 Å². The van der Waals surface area contributed by atoms with E-state index in [1.54, 1.807) is 0 Å². The van der Waals surface area contributed by atoms with Crippen molar-refractivity contribution in [3.05, 3.63) is 41.9 Å². The van der Waals surface area contributed by atoms with Crippen LogP contribution in [0.5, 0.6) is 0 Å². The molecular formula is C14H14F2N6. The van der Waals surface area contributed by atoms with E-state index in [-0.39, 0.29) is 18.1 Å². The van der Waals surface area contributed by atoms with Crippen LogP contribution in [0.4, 0.5) is 14.6 Å². The minimum absolute atomic E-state index is 0.209. The van der Waals surface area contributed by atoms with Crippen LogP contribution in [0.25, 0.3) is 11.0 Å². The number of rotatable bonds is 5. The first-order valence-corrected chi connectivity index (χ1v) is 6.83. The third kappa shape index (κ3) is 2.72. The van der Waals surface area contributed by atoms with Gasteiger partial charge in [-0.05, 0) is 18.1 Å². The van der Waals surface area contributed by atoms with Gasteiger partial charge in [-0.3, -0.25) is 0 Å². The predicted molar refractivity (Wildman–Crippen MR) is 77.6 cm³/mol. The summed E-state index contributed by atoms with van der Waals surface area (Å²) in [4.78, 5) is 19.3. The normalized spacial score (nSPS) is 11.3. The molecule has 0 saturated carbocycles. The van der Waals surface area contributed by atoms with Gasteiger partial charge in [-0.15, -0.1) is 0 Å². The smallest absolute Gasteiger partial charge is 0.280 e. The maximum absolute atomic E-state index is 12.6. The molecule has 114 valence electrons. The molecule has 0 fully saturated rings. The van der Waals surface area contributed by atoms with Gasteiger partial charge in [0, 0.05) is 12.4 Å². The number of hydrogen-bond donors (Lipinski definition) is 2. The molecule has 0 spiro atoms. The molecule has 6 nitrogen and oxygen atoms in total.